The van der Waals surface area contributed by atoms with Crippen molar-refractivity contribution >= 4 is 23.5 Å². The summed E-state index contributed by atoms with van der Waals surface area (Å²) in [6.45, 7) is 8.51. The van der Waals surface area contributed by atoms with Crippen molar-refractivity contribution in [2.75, 3.05) is 31.1 Å². The molecule has 1 aliphatic rings. The molecule has 0 bridgehead atoms. The highest BCUT2D eigenvalue weighted by atomic mass is 35.5. The highest BCUT2D eigenvalue weighted by Gasteiger charge is 2.23. The van der Waals surface area contributed by atoms with Crippen LogP contribution in [0, 0.1) is 6.92 Å². The van der Waals surface area contributed by atoms with Crippen LogP contribution in [0.25, 0.3) is 0 Å². The number of hydrogen-bond donors (Lipinski definition) is 0. The zero-order valence-corrected chi connectivity index (χ0v) is 15.5. The summed E-state index contributed by atoms with van der Waals surface area (Å²) in [6.07, 6.45) is 3.45. The Labute approximate surface area is 152 Å². The zero-order valence-electron chi connectivity index (χ0n) is 14.7. The van der Waals surface area contributed by atoms with Gasteiger partial charge in [0.15, 0.2) is 0 Å². The molecule has 1 atom stereocenters. The van der Waals surface area contributed by atoms with Crippen molar-refractivity contribution in [1.82, 2.24) is 19.9 Å². The van der Waals surface area contributed by atoms with Crippen molar-refractivity contribution in [2.45, 2.75) is 26.7 Å². The van der Waals surface area contributed by atoms with Gasteiger partial charge in [-0.2, -0.15) is 0 Å². The number of nitrogens with zero attached hydrogens (tertiary/aromatic N) is 5. The third-order valence-corrected chi connectivity index (χ3v) is 4.93. The molecular weight excluding hydrogens is 338 g/mol. The Balaban J connectivity index is 1.84. The number of carbonyl (C=O) groups is 1. The predicted octanol–water partition coefficient (Wildman–Crippen LogP) is 2.65. The first kappa shape index (κ1) is 17.6. The molecule has 6 nitrogen and oxygen atoms in total. The van der Waals surface area contributed by atoms with Crippen LogP contribution in [-0.4, -0.2) is 51.9 Å². The zero-order chi connectivity index (χ0) is 18.0. The molecule has 132 valence electrons. The monoisotopic (exact) mass is 359 g/mol. The molecule has 1 fully saturated rings. The predicted molar refractivity (Wildman–Crippen MR) is 98.0 cm³/mol. The number of halogens is 1. The maximum Gasteiger partial charge on any atom is 0.225 e. The molecule has 1 saturated heterocycles. The molecule has 0 N–H and O–H groups in total. The van der Waals surface area contributed by atoms with E-state index in [9.17, 15) is 4.79 Å². The second kappa shape index (κ2) is 7.35. The Kier molecular flexibility index (Phi) is 5.18. The molecule has 0 spiro atoms. The highest BCUT2D eigenvalue weighted by Crippen LogP contribution is 2.29. The summed E-state index contributed by atoms with van der Waals surface area (Å²) < 4.78 is 0. The Morgan fingerprint density at radius 3 is 2.56 bits per heavy atom. The molecule has 25 heavy (non-hydrogen) atoms. The van der Waals surface area contributed by atoms with Crippen molar-refractivity contribution in [3.05, 3.63) is 46.5 Å². The van der Waals surface area contributed by atoms with Gasteiger partial charge in [0.1, 0.15) is 0 Å². The number of aryl methyl sites for hydroxylation is 1. The topological polar surface area (TPSA) is 62.2 Å². The van der Waals surface area contributed by atoms with E-state index in [-0.39, 0.29) is 11.8 Å². The quantitative estimate of drug-likeness (QED) is 0.843. The lowest BCUT2D eigenvalue weighted by Crippen LogP contribution is -2.48. The van der Waals surface area contributed by atoms with Gasteiger partial charge in [-0.3, -0.25) is 9.78 Å². The lowest BCUT2D eigenvalue weighted by atomic mass is 9.99. The van der Waals surface area contributed by atoms with E-state index in [0.717, 1.165) is 30.0 Å². The summed E-state index contributed by atoms with van der Waals surface area (Å²) in [5.74, 6) is 0.744. The van der Waals surface area contributed by atoms with Crippen LogP contribution in [0.3, 0.4) is 0 Å². The van der Waals surface area contributed by atoms with E-state index in [0.29, 0.717) is 24.1 Å². The smallest absolute Gasteiger partial charge is 0.225 e. The second-order valence-corrected chi connectivity index (χ2v) is 6.73. The molecule has 1 aliphatic heterocycles. The lowest BCUT2D eigenvalue weighted by Gasteiger charge is -2.34. The highest BCUT2D eigenvalue weighted by molar-refractivity contribution is 6.31. The van der Waals surface area contributed by atoms with Crippen LogP contribution in [0.1, 0.15) is 36.7 Å². The molecule has 2 aromatic rings. The van der Waals surface area contributed by atoms with Gasteiger partial charge in [-0.1, -0.05) is 24.6 Å². The Morgan fingerprint density at radius 1 is 1.20 bits per heavy atom. The molecule has 7 heteroatoms. The second-order valence-electron chi connectivity index (χ2n) is 6.32. The molecule has 0 saturated carbocycles. The first-order valence-electron chi connectivity index (χ1n) is 8.41. The van der Waals surface area contributed by atoms with E-state index in [1.807, 2.05) is 24.0 Å². The SMILES string of the molecule is CC(=O)N1CCN(c2ncc(Cl)c([C@H](C)c3ncccc3C)n2)CC1. The van der Waals surface area contributed by atoms with Gasteiger partial charge in [0.25, 0.3) is 0 Å². The minimum Gasteiger partial charge on any atom is -0.339 e. The summed E-state index contributed by atoms with van der Waals surface area (Å²) in [5.41, 5.74) is 2.86. The minimum atomic E-state index is -0.0195. The average Bonchev–Trinajstić information content (AvgIpc) is 2.62. The number of rotatable bonds is 3. The molecular formula is C18H22ClN5O. The largest absolute Gasteiger partial charge is 0.339 e. The molecule has 1 amide bonds. The van der Waals surface area contributed by atoms with Crippen molar-refractivity contribution in [2.24, 2.45) is 0 Å². The third-order valence-electron chi connectivity index (χ3n) is 4.64. The number of hydrogen-bond acceptors (Lipinski definition) is 5. The van der Waals surface area contributed by atoms with Gasteiger partial charge in [0, 0.05) is 45.2 Å². The Hall–Kier alpha value is -2.21. The molecule has 0 aliphatic carbocycles. The van der Waals surface area contributed by atoms with Gasteiger partial charge >= 0.3 is 0 Å². The molecule has 0 unspecified atom stereocenters. The molecule has 3 rings (SSSR count). The van der Waals surface area contributed by atoms with Gasteiger partial charge in [0.2, 0.25) is 11.9 Å². The maximum atomic E-state index is 11.5. The fraction of sp³-hybridized carbons (Fsp3) is 0.444. The van der Waals surface area contributed by atoms with Crippen LogP contribution in [0.15, 0.2) is 24.5 Å². The van der Waals surface area contributed by atoms with Gasteiger partial charge in [-0.05, 0) is 18.6 Å². The number of pyridine rings is 1. The first-order chi connectivity index (χ1) is 12.0. The van der Waals surface area contributed by atoms with Crippen molar-refractivity contribution < 1.29 is 4.79 Å². The summed E-state index contributed by atoms with van der Waals surface area (Å²) >= 11 is 6.37. The van der Waals surface area contributed by atoms with E-state index in [1.54, 1.807) is 19.3 Å². The Morgan fingerprint density at radius 2 is 1.92 bits per heavy atom. The van der Waals surface area contributed by atoms with Crippen molar-refractivity contribution in [3.8, 4) is 0 Å². The van der Waals surface area contributed by atoms with Gasteiger partial charge in [-0.15, -0.1) is 0 Å². The number of amides is 1. The minimum absolute atomic E-state index is 0.0195. The van der Waals surface area contributed by atoms with Crippen molar-refractivity contribution in [1.29, 1.82) is 0 Å². The van der Waals surface area contributed by atoms with E-state index in [4.69, 9.17) is 16.6 Å². The fourth-order valence-electron chi connectivity index (χ4n) is 3.13. The molecule has 0 radical (unpaired) electrons. The summed E-state index contributed by atoms with van der Waals surface area (Å²) in [5, 5.41) is 0.545. The molecule has 3 heterocycles. The van der Waals surface area contributed by atoms with Crippen LogP contribution in [0.5, 0.6) is 0 Å². The molecule has 0 aromatic carbocycles. The van der Waals surface area contributed by atoms with Crippen LogP contribution in [-0.2, 0) is 4.79 Å². The van der Waals surface area contributed by atoms with E-state index in [2.05, 4.69) is 21.8 Å². The third kappa shape index (κ3) is 3.74. The van der Waals surface area contributed by atoms with Crippen molar-refractivity contribution in [3.63, 3.8) is 0 Å². The summed E-state index contributed by atoms with van der Waals surface area (Å²) in [7, 11) is 0. The van der Waals surface area contributed by atoms with Crippen LogP contribution < -0.4 is 4.90 Å². The number of piperazine rings is 1. The van der Waals surface area contributed by atoms with Gasteiger partial charge in [0.05, 0.1) is 22.6 Å². The van der Waals surface area contributed by atoms with Gasteiger partial charge < -0.3 is 9.80 Å². The van der Waals surface area contributed by atoms with Gasteiger partial charge in [-0.25, -0.2) is 9.97 Å². The van der Waals surface area contributed by atoms with Crippen LogP contribution in [0.2, 0.25) is 5.02 Å². The number of anilines is 1. The lowest BCUT2D eigenvalue weighted by molar-refractivity contribution is -0.129. The standard InChI is InChI=1S/C18H22ClN5O/c1-12-5-4-6-20-16(12)13(2)17-15(19)11-21-18(22-17)24-9-7-23(8-10-24)14(3)25/h4-6,11,13H,7-10H2,1-3H3/t13-/m1/s1. The Bertz CT molecular complexity index is 774. The van der Waals surface area contributed by atoms with E-state index >= 15 is 0 Å². The van der Waals surface area contributed by atoms with Crippen LogP contribution in [0.4, 0.5) is 5.95 Å². The fourth-order valence-corrected chi connectivity index (χ4v) is 3.38. The maximum absolute atomic E-state index is 11.5. The first-order valence-corrected chi connectivity index (χ1v) is 8.79. The number of carbonyl (C=O) groups excluding carboxylic acids is 1. The normalized spacial score (nSPS) is 16.0. The molecule has 2 aromatic heterocycles. The van der Waals surface area contributed by atoms with E-state index in [1.165, 1.54) is 0 Å². The summed E-state index contributed by atoms with van der Waals surface area (Å²) in [4.78, 5) is 29.0. The van der Waals surface area contributed by atoms with Crippen LogP contribution >= 0.6 is 11.6 Å². The number of aromatic nitrogens is 3. The average molecular weight is 360 g/mol. The summed E-state index contributed by atoms with van der Waals surface area (Å²) in [6, 6.07) is 3.96. The van der Waals surface area contributed by atoms with E-state index < -0.39 is 0 Å².